The highest BCUT2D eigenvalue weighted by molar-refractivity contribution is 6.07. The second kappa shape index (κ2) is 10.9. The molecule has 2 fully saturated rings. The molecule has 12 nitrogen and oxygen atoms in total. The number of aliphatic hydroxyl groups excluding tert-OH is 1. The predicted octanol–water partition coefficient (Wildman–Crippen LogP) is 4.49. The summed E-state index contributed by atoms with van der Waals surface area (Å²) in [5.41, 5.74) is 2.93. The van der Waals surface area contributed by atoms with Gasteiger partial charge in [-0.15, -0.1) is 0 Å². The lowest BCUT2D eigenvalue weighted by Gasteiger charge is -2.27. The minimum atomic E-state index is -4.68. The van der Waals surface area contributed by atoms with E-state index in [1.54, 1.807) is 36.0 Å². The summed E-state index contributed by atoms with van der Waals surface area (Å²) in [5, 5.41) is 21.4. The van der Waals surface area contributed by atoms with Gasteiger partial charge in [0.1, 0.15) is 29.8 Å². The summed E-state index contributed by atoms with van der Waals surface area (Å²) >= 11 is 0. The third kappa shape index (κ3) is 5.27. The van der Waals surface area contributed by atoms with Crippen molar-refractivity contribution >= 4 is 40.0 Å². The number of alkyl halides is 3. The van der Waals surface area contributed by atoms with Crippen LogP contribution in [0.4, 0.5) is 19.0 Å². The number of hydrogen-bond donors (Lipinski definition) is 2. The lowest BCUT2D eigenvalue weighted by atomic mass is 10.0. The van der Waals surface area contributed by atoms with Crippen LogP contribution in [0.3, 0.4) is 0 Å². The van der Waals surface area contributed by atoms with Crippen LogP contribution in [0.25, 0.3) is 27.7 Å². The van der Waals surface area contributed by atoms with E-state index in [2.05, 4.69) is 25.5 Å². The van der Waals surface area contributed by atoms with Crippen molar-refractivity contribution in [3.05, 3.63) is 70.9 Å². The number of amides is 2. The molecule has 0 radical (unpaired) electrons. The molecule has 0 bridgehead atoms. The van der Waals surface area contributed by atoms with Gasteiger partial charge in [-0.1, -0.05) is 13.0 Å². The Morgan fingerprint density at radius 2 is 1.83 bits per heavy atom. The summed E-state index contributed by atoms with van der Waals surface area (Å²) in [4.78, 5) is 49.8. The first-order valence-corrected chi connectivity index (χ1v) is 15.3. The number of anilines is 1. The minimum Gasteiger partial charge on any atom is -0.390 e. The number of aromatic nitrogens is 6. The Hall–Kier alpha value is -5.18. The van der Waals surface area contributed by atoms with E-state index in [1.807, 2.05) is 19.9 Å². The van der Waals surface area contributed by atoms with E-state index in [0.717, 1.165) is 17.2 Å². The normalized spacial score (nSPS) is 20.4. The van der Waals surface area contributed by atoms with Crippen molar-refractivity contribution in [3.63, 3.8) is 0 Å². The van der Waals surface area contributed by atoms with Crippen LogP contribution in [0.5, 0.6) is 0 Å². The first-order valence-electron chi connectivity index (χ1n) is 15.3. The molecule has 1 saturated carbocycles. The van der Waals surface area contributed by atoms with Gasteiger partial charge in [0, 0.05) is 42.4 Å². The number of nitrogens with zero attached hydrogens (tertiary/aromatic N) is 7. The van der Waals surface area contributed by atoms with Gasteiger partial charge < -0.3 is 15.3 Å². The molecule has 48 heavy (non-hydrogen) atoms. The van der Waals surface area contributed by atoms with E-state index in [-0.39, 0.29) is 41.9 Å². The monoisotopic (exact) mass is 660 g/mol. The SMILES string of the molecule is CC(=O)c1nn(CC(=O)N2C3C[C@]3(C)C[C@H]2C(=O)Nc2nc(C(F)(F)F)ccc2C)c2c(C)cc(-c3cnc4cc(CO)nn4c3)cc12. The van der Waals surface area contributed by atoms with Gasteiger partial charge in [0.25, 0.3) is 0 Å². The highest BCUT2D eigenvalue weighted by atomic mass is 19.4. The molecule has 15 heteroatoms. The molecule has 5 aromatic rings. The number of fused-ring (bicyclic) bond motifs is 3. The van der Waals surface area contributed by atoms with Crippen LogP contribution in [0.2, 0.25) is 0 Å². The number of carbonyl (C=O) groups excluding carboxylic acids is 3. The number of halogens is 3. The van der Waals surface area contributed by atoms with Gasteiger partial charge in [0.05, 0.1) is 17.8 Å². The van der Waals surface area contributed by atoms with Crippen molar-refractivity contribution in [2.24, 2.45) is 5.41 Å². The summed E-state index contributed by atoms with van der Waals surface area (Å²) in [6, 6.07) is 6.33. The number of aryl methyl sites for hydroxylation is 2. The van der Waals surface area contributed by atoms with E-state index in [4.69, 9.17) is 0 Å². The van der Waals surface area contributed by atoms with Gasteiger partial charge in [-0.05, 0) is 67.0 Å². The zero-order chi connectivity index (χ0) is 34.3. The van der Waals surface area contributed by atoms with Gasteiger partial charge in [-0.2, -0.15) is 23.4 Å². The van der Waals surface area contributed by atoms with Crippen molar-refractivity contribution < 1.29 is 32.7 Å². The van der Waals surface area contributed by atoms with Crippen molar-refractivity contribution in [1.29, 1.82) is 0 Å². The number of ketones is 1. The van der Waals surface area contributed by atoms with Crippen LogP contribution in [0, 0.1) is 19.3 Å². The molecule has 4 aromatic heterocycles. The van der Waals surface area contributed by atoms with Crippen LogP contribution in [0.1, 0.15) is 59.7 Å². The van der Waals surface area contributed by atoms with Crippen LogP contribution in [-0.4, -0.2) is 69.1 Å². The number of carbonyl (C=O) groups is 3. The first-order chi connectivity index (χ1) is 22.7. The number of aliphatic hydroxyl groups is 1. The van der Waals surface area contributed by atoms with Crippen LogP contribution >= 0.6 is 0 Å². The lowest BCUT2D eigenvalue weighted by Crippen LogP contribution is -2.47. The van der Waals surface area contributed by atoms with Crippen molar-refractivity contribution in [2.45, 2.75) is 71.9 Å². The zero-order valence-electron chi connectivity index (χ0n) is 26.5. The van der Waals surface area contributed by atoms with Gasteiger partial charge in [0.2, 0.25) is 11.8 Å². The van der Waals surface area contributed by atoms with Crippen LogP contribution in [0.15, 0.2) is 42.7 Å². The smallest absolute Gasteiger partial charge is 0.390 e. The number of rotatable bonds is 7. The highest BCUT2D eigenvalue weighted by Gasteiger charge is 2.64. The molecule has 1 unspecified atom stereocenters. The Balaban J connectivity index is 1.19. The van der Waals surface area contributed by atoms with Gasteiger partial charge in [-0.3, -0.25) is 19.1 Å². The number of hydrogen-bond acceptors (Lipinski definition) is 8. The molecule has 2 N–H and O–H groups in total. The molecule has 0 spiro atoms. The summed E-state index contributed by atoms with van der Waals surface area (Å²) < 4.78 is 43.0. The molecule has 1 saturated heterocycles. The van der Waals surface area contributed by atoms with Gasteiger partial charge >= 0.3 is 6.18 Å². The van der Waals surface area contributed by atoms with E-state index < -0.39 is 29.7 Å². The summed E-state index contributed by atoms with van der Waals surface area (Å²) in [5.74, 6) is -1.52. The average molecular weight is 661 g/mol. The molecule has 2 amide bonds. The third-order valence-corrected chi connectivity index (χ3v) is 9.37. The minimum absolute atomic E-state index is 0.177. The molecule has 5 heterocycles. The maximum Gasteiger partial charge on any atom is 0.433 e. The Morgan fingerprint density at radius 1 is 1.06 bits per heavy atom. The molecule has 1 aliphatic heterocycles. The summed E-state index contributed by atoms with van der Waals surface area (Å²) in [7, 11) is 0. The van der Waals surface area contributed by atoms with Crippen LogP contribution < -0.4 is 5.32 Å². The topological polar surface area (TPSA) is 148 Å². The number of benzene rings is 1. The molecule has 248 valence electrons. The number of Topliss-reactive ketones (excluding diaryl/α,β-unsaturated/α-hetero) is 1. The molecule has 3 atom stereocenters. The number of pyridine rings is 1. The number of piperidine rings is 1. The van der Waals surface area contributed by atoms with Crippen molar-refractivity contribution in [3.8, 4) is 11.1 Å². The zero-order valence-corrected chi connectivity index (χ0v) is 26.5. The fourth-order valence-electron chi connectivity index (χ4n) is 6.80. The Morgan fingerprint density at radius 3 is 2.54 bits per heavy atom. The maximum atomic E-state index is 14.0. The third-order valence-electron chi connectivity index (χ3n) is 9.37. The molecule has 1 aliphatic carbocycles. The lowest BCUT2D eigenvalue weighted by molar-refractivity contribution is -0.141. The van der Waals surface area contributed by atoms with E-state index in [9.17, 15) is 32.7 Å². The van der Waals surface area contributed by atoms with E-state index in [1.165, 1.54) is 22.6 Å². The molecule has 1 aromatic carbocycles. The molecule has 2 aliphatic rings. The van der Waals surface area contributed by atoms with Gasteiger partial charge in [0.15, 0.2) is 11.4 Å². The standard InChI is InChI=1S/C33H31F3N8O4/c1-16-5-6-24(33(34,35)36)38-30(16)39-31(48)23-10-32(4)11-25(32)44(23)27(47)14-43-29-17(2)7-19(8-22(29)28(41-43)18(3)46)20-12-37-26-9-21(15-45)40-42(26)13-20/h5-9,12-13,23,25,45H,10-11,14-15H2,1-4H3,(H,38,39,48)/t23-,25?,32-/m0/s1. The number of nitrogens with one attached hydrogen (secondary N) is 1. The fraction of sp³-hybridized carbons (Fsp3) is 0.364. The van der Waals surface area contributed by atoms with Crippen LogP contribution in [-0.2, 0) is 28.9 Å². The molecular formula is C33H31F3N8O4. The quantitative estimate of drug-likeness (QED) is 0.243. The Kier molecular flexibility index (Phi) is 7.16. The summed E-state index contributed by atoms with van der Waals surface area (Å²) in [6.07, 6.45) is -0.204. The molecular weight excluding hydrogens is 629 g/mol. The average Bonchev–Trinajstić information content (AvgIpc) is 3.32. The predicted molar refractivity (Wildman–Crippen MR) is 167 cm³/mol. The Bertz CT molecular complexity index is 2170. The fourth-order valence-corrected chi connectivity index (χ4v) is 6.80. The second-order valence-corrected chi connectivity index (χ2v) is 12.9. The van der Waals surface area contributed by atoms with E-state index in [0.29, 0.717) is 46.2 Å². The first kappa shape index (κ1) is 31.4. The number of likely N-dealkylation sites (tertiary alicyclic amines) is 1. The van der Waals surface area contributed by atoms with Gasteiger partial charge in [-0.25, -0.2) is 14.5 Å². The summed E-state index contributed by atoms with van der Waals surface area (Å²) in [6.45, 7) is 6.27. The maximum absolute atomic E-state index is 14.0. The van der Waals surface area contributed by atoms with Crippen molar-refractivity contribution in [2.75, 3.05) is 5.32 Å². The Labute approximate surface area is 271 Å². The largest absolute Gasteiger partial charge is 0.433 e. The molecule has 7 rings (SSSR count). The van der Waals surface area contributed by atoms with E-state index >= 15 is 0 Å². The van der Waals surface area contributed by atoms with Crippen molar-refractivity contribution in [1.82, 2.24) is 34.3 Å². The highest BCUT2D eigenvalue weighted by Crippen LogP contribution is 2.59. The second-order valence-electron chi connectivity index (χ2n) is 12.9.